The normalized spacial score (nSPS) is 43.6. The maximum absolute atomic E-state index is 12.6. The Kier molecular flexibility index (Phi) is 14.0. The molecule has 6 aliphatic carbocycles. The van der Waals surface area contributed by atoms with Gasteiger partial charge >= 0.3 is 0 Å². The van der Waals surface area contributed by atoms with Crippen LogP contribution in [0.4, 0.5) is 0 Å². The third kappa shape index (κ3) is 9.72. The van der Waals surface area contributed by atoms with Crippen molar-refractivity contribution in [3.05, 3.63) is 0 Å². The molecule has 291 valence electrons. The average Bonchev–Trinajstić information content (AvgIpc) is 3.06. The van der Waals surface area contributed by atoms with Crippen LogP contribution in [-0.4, -0.2) is 108 Å². The average molecular weight is 796 g/mol. The van der Waals surface area contributed by atoms with E-state index in [2.05, 4.69) is 25.8 Å². The van der Waals surface area contributed by atoms with Crippen LogP contribution in [0.25, 0.3) is 0 Å². The number of hydrogen-bond acceptors (Lipinski definition) is 12. The Balaban J connectivity index is 0.00000486. The van der Waals surface area contributed by atoms with Gasteiger partial charge in [-0.2, -0.15) is 37.3 Å². The first kappa shape index (κ1) is 40.6. The molecule has 5 N–H and O–H groups in total. The van der Waals surface area contributed by atoms with Crippen LogP contribution >= 0.6 is 0 Å². The van der Waals surface area contributed by atoms with E-state index < -0.39 is 67.2 Å². The summed E-state index contributed by atoms with van der Waals surface area (Å²) in [5.74, 6) is 0.418. The van der Waals surface area contributed by atoms with Gasteiger partial charge in [0.1, 0.15) is 11.3 Å². The van der Waals surface area contributed by atoms with E-state index in [-0.39, 0.29) is 66.2 Å². The third-order valence-electron chi connectivity index (χ3n) is 13.0. The van der Waals surface area contributed by atoms with Crippen LogP contribution in [0, 0.1) is 23.7 Å². The Bertz CT molecular complexity index is 1400. The maximum Gasteiger partial charge on any atom is 0.270 e. The van der Waals surface area contributed by atoms with E-state index in [1.54, 1.807) is 7.11 Å². The van der Waals surface area contributed by atoms with Gasteiger partial charge < -0.3 is 20.3 Å². The zero-order valence-corrected chi connectivity index (χ0v) is 31.5. The minimum absolute atomic E-state index is 0. The first-order valence-corrected chi connectivity index (χ1v) is 21.7. The fraction of sp³-hybridized carbons (Fsp3) is 1.00. The molecule has 6 saturated carbocycles. The third-order valence-corrected chi connectivity index (χ3v) is 15.5. The molecule has 0 amide bonds. The fourth-order valence-electron chi connectivity index (χ4n) is 10.3. The van der Waals surface area contributed by atoms with Crippen LogP contribution in [0.2, 0.25) is 0 Å². The molecule has 0 aromatic rings. The van der Waals surface area contributed by atoms with Gasteiger partial charge in [-0.1, -0.05) is 19.3 Å². The Morgan fingerprint density at radius 3 is 2.06 bits per heavy atom. The van der Waals surface area contributed by atoms with Gasteiger partial charge in [0, 0.05) is 49.1 Å². The molecule has 0 aliphatic heterocycles. The van der Waals surface area contributed by atoms with Crippen molar-refractivity contribution in [3.8, 4) is 0 Å². The number of aliphatic hydroxyl groups excluding tert-OH is 2. The van der Waals surface area contributed by atoms with Gasteiger partial charge in [0.05, 0.1) is 41.7 Å². The van der Waals surface area contributed by atoms with E-state index in [1.165, 1.54) is 19.3 Å². The number of nitrogens with zero attached hydrogens (tertiary/aromatic N) is 4. The molecule has 0 bridgehead atoms. The van der Waals surface area contributed by atoms with E-state index in [1.807, 2.05) is 0 Å². The van der Waals surface area contributed by atoms with Crippen molar-refractivity contribution in [2.24, 2.45) is 44.1 Å². The second-order valence-corrected chi connectivity index (χ2v) is 19.4. The summed E-state index contributed by atoms with van der Waals surface area (Å²) in [5.41, 5.74) is 0. The molecule has 14 atom stereocenters. The van der Waals surface area contributed by atoms with Crippen LogP contribution < -0.4 is 5.32 Å². The Morgan fingerprint density at radius 2 is 1.36 bits per heavy atom. The van der Waals surface area contributed by atoms with Gasteiger partial charge in [-0.15, -0.1) is 0 Å². The summed E-state index contributed by atoms with van der Waals surface area (Å²) in [6.45, 7) is 0. The van der Waals surface area contributed by atoms with Gasteiger partial charge in [-0.05, 0) is 101 Å². The molecule has 0 aromatic heterocycles. The van der Waals surface area contributed by atoms with E-state index >= 15 is 0 Å². The second kappa shape index (κ2) is 17.2. The van der Waals surface area contributed by atoms with Crippen LogP contribution in [-0.2, 0) is 42.0 Å². The summed E-state index contributed by atoms with van der Waals surface area (Å²) in [6.07, 6.45) is 10.9. The quantitative estimate of drug-likeness (QED) is 0.128. The number of methoxy groups -OCH3 is 1. The number of fused-ring (bicyclic) bond motifs is 2. The number of hydrogen-bond donors (Lipinski definition) is 5. The largest absolute Gasteiger partial charge is 0.391 e. The molecular formula is C33H57CuN5O9S2. The molecule has 1 radical (unpaired) electrons. The van der Waals surface area contributed by atoms with E-state index in [4.69, 9.17) is 4.74 Å². The van der Waals surface area contributed by atoms with Crippen molar-refractivity contribution in [1.29, 1.82) is 0 Å². The van der Waals surface area contributed by atoms with Crippen molar-refractivity contribution in [1.82, 2.24) is 5.32 Å². The maximum atomic E-state index is 12.6. The summed E-state index contributed by atoms with van der Waals surface area (Å²) in [6, 6.07) is -1.56. The molecular weight excluding hydrogens is 738 g/mol. The molecule has 0 heterocycles. The van der Waals surface area contributed by atoms with E-state index in [0.717, 1.165) is 51.4 Å². The molecule has 0 saturated heterocycles. The number of ether oxygens (including phenoxy) is 1. The van der Waals surface area contributed by atoms with Crippen molar-refractivity contribution in [2.45, 2.75) is 174 Å². The number of nitrogens with one attached hydrogen (secondary N) is 1. The predicted molar refractivity (Wildman–Crippen MR) is 182 cm³/mol. The number of azo groups is 2. The summed E-state index contributed by atoms with van der Waals surface area (Å²) < 4.78 is 74.3. The van der Waals surface area contributed by atoms with E-state index in [0.29, 0.717) is 31.2 Å². The topological polar surface area (TPSA) is 220 Å². The second-order valence-electron chi connectivity index (χ2n) is 16.1. The molecule has 6 fully saturated rings. The van der Waals surface area contributed by atoms with E-state index in [9.17, 15) is 36.2 Å². The summed E-state index contributed by atoms with van der Waals surface area (Å²) in [5, 5.41) is 42.3. The minimum atomic E-state index is -4.52. The molecule has 14 unspecified atom stereocenters. The monoisotopic (exact) mass is 794 g/mol. The Hall–Kier alpha value is -0.621. The van der Waals surface area contributed by atoms with Gasteiger partial charge in [-0.25, -0.2) is 0 Å². The molecule has 14 nitrogen and oxygen atoms in total. The molecule has 0 spiro atoms. The van der Waals surface area contributed by atoms with Gasteiger partial charge in [0.15, 0.2) is 0 Å². The number of rotatable bonds is 9. The first-order valence-electron chi connectivity index (χ1n) is 18.7. The van der Waals surface area contributed by atoms with Crippen LogP contribution in [0.3, 0.4) is 0 Å². The molecule has 50 heavy (non-hydrogen) atoms. The standard InChI is InChI=1S/C33H57N5O9S2.Cu/c1-47-30-18-27(29(39)17-28(30)37-35-24-9-7-19-8-11-25(48(41,42)43)15-20(19)13-24)36-38-32-31(49(44,45)46)16-21-14-23(10-12-26(21)33(32)40)34-22-5-3-2-4-6-22;/h19-34,39-40H,2-18H2,1H3,(H,41,42,43)(H,44,45,46);. The van der Waals surface area contributed by atoms with Crippen molar-refractivity contribution < 1.29 is 58.0 Å². The van der Waals surface area contributed by atoms with Crippen molar-refractivity contribution >= 4 is 20.2 Å². The zero-order chi connectivity index (χ0) is 34.9. The van der Waals surface area contributed by atoms with Crippen LogP contribution in [0.1, 0.15) is 109 Å². The molecule has 17 heteroatoms. The smallest absolute Gasteiger partial charge is 0.270 e. The molecule has 0 aromatic carbocycles. The fourth-order valence-corrected chi connectivity index (χ4v) is 12.2. The van der Waals surface area contributed by atoms with Crippen molar-refractivity contribution in [2.75, 3.05) is 7.11 Å². The summed E-state index contributed by atoms with van der Waals surface area (Å²) in [7, 11) is -7.02. The van der Waals surface area contributed by atoms with Crippen LogP contribution in [0.5, 0.6) is 0 Å². The SMILES string of the molecule is COC1CC(N=NC2C(O)C3CCC(NC4CCCCC4)CC3CC2S(=O)(=O)O)C(O)CC1N=NC1CCC2CCC(S(=O)(=O)O)CC2C1.[Cu]. The number of aliphatic hydroxyl groups is 2. The Morgan fingerprint density at radius 1 is 0.640 bits per heavy atom. The summed E-state index contributed by atoms with van der Waals surface area (Å²) >= 11 is 0. The van der Waals surface area contributed by atoms with Crippen molar-refractivity contribution in [3.63, 3.8) is 0 Å². The van der Waals surface area contributed by atoms with Gasteiger partial charge in [-0.3, -0.25) is 9.11 Å². The minimum Gasteiger partial charge on any atom is -0.391 e. The predicted octanol–water partition coefficient (Wildman–Crippen LogP) is 4.12. The zero-order valence-electron chi connectivity index (χ0n) is 28.9. The summed E-state index contributed by atoms with van der Waals surface area (Å²) in [4.78, 5) is 0. The van der Waals surface area contributed by atoms with Gasteiger partial charge in [0.2, 0.25) is 0 Å². The van der Waals surface area contributed by atoms with Gasteiger partial charge in [0.25, 0.3) is 20.2 Å². The molecule has 6 rings (SSSR count). The first-order chi connectivity index (χ1) is 23.3. The Labute approximate surface area is 307 Å². The van der Waals surface area contributed by atoms with Crippen LogP contribution in [0.15, 0.2) is 20.5 Å². The molecule has 6 aliphatic rings.